The van der Waals surface area contributed by atoms with Crippen molar-refractivity contribution in [1.82, 2.24) is 4.57 Å². The van der Waals surface area contributed by atoms with Gasteiger partial charge in [0.25, 0.3) is 27.9 Å². The molecule has 0 aliphatic carbocycles. The lowest BCUT2D eigenvalue weighted by Gasteiger charge is -2.28. The third kappa shape index (κ3) is 11.2. The van der Waals surface area contributed by atoms with E-state index >= 15 is 0 Å². The lowest BCUT2D eigenvalue weighted by atomic mass is 11.3. The van der Waals surface area contributed by atoms with E-state index in [1.807, 2.05) is 0 Å². The number of hydrogen-bond acceptors (Lipinski definition) is 5. The normalized spacial score (nSPS) is 19.3. The van der Waals surface area contributed by atoms with E-state index in [2.05, 4.69) is 64.5 Å². The molecule has 0 radical (unpaired) electrons. The van der Waals surface area contributed by atoms with Crippen LogP contribution in [0.15, 0.2) is 0 Å². The van der Waals surface area contributed by atoms with E-state index in [4.69, 9.17) is 16.5 Å². The zero-order valence-electron chi connectivity index (χ0n) is 13.9. The molecule has 0 aliphatic heterocycles. The third-order valence-electron chi connectivity index (χ3n) is 2.40. The summed E-state index contributed by atoms with van der Waals surface area (Å²) in [6.07, 6.45) is 0. The molecular weight excluding hydrogens is 327 g/mol. The van der Waals surface area contributed by atoms with Crippen LogP contribution in [0.3, 0.4) is 0 Å². The van der Waals surface area contributed by atoms with Crippen LogP contribution >= 0.6 is 0 Å². The van der Waals surface area contributed by atoms with Crippen molar-refractivity contribution in [2.75, 3.05) is 14.1 Å². The van der Waals surface area contributed by atoms with Gasteiger partial charge in [0, 0.05) is 0 Å². The van der Waals surface area contributed by atoms with Gasteiger partial charge in [-0.25, -0.2) is 0 Å². The molecule has 0 heterocycles. The molecule has 116 valence electrons. The minimum absolute atomic E-state index is 1.24. The van der Waals surface area contributed by atoms with E-state index in [9.17, 15) is 0 Å². The van der Waals surface area contributed by atoms with Crippen LogP contribution in [0.4, 0.5) is 0 Å². The largest absolute Gasteiger partial charge is 0.439 e. The van der Waals surface area contributed by atoms with E-state index in [1.165, 1.54) is 0 Å². The molecule has 0 aromatic carbocycles. The zero-order chi connectivity index (χ0) is 15.2. The van der Waals surface area contributed by atoms with Crippen molar-refractivity contribution >= 4 is 45.4 Å². The Morgan fingerprint density at radius 3 is 1.58 bits per heavy atom. The van der Waals surface area contributed by atoms with Gasteiger partial charge in [0.1, 0.15) is 0 Å². The van der Waals surface area contributed by atoms with Crippen molar-refractivity contribution in [3.63, 3.8) is 0 Å². The Bertz CT molecular complexity index is 253. The first-order valence-electron chi connectivity index (χ1n) is 6.82. The molecular formula is C9H31NO4Si5. The summed E-state index contributed by atoms with van der Waals surface area (Å²) in [6.45, 7) is 15.0. The van der Waals surface area contributed by atoms with Crippen LogP contribution in [-0.4, -0.2) is 64.0 Å². The average molecular weight is 358 g/mol. The Hall–Kier alpha value is 0.884. The van der Waals surface area contributed by atoms with Gasteiger partial charge in [-0.3, -0.25) is 0 Å². The number of rotatable bonds is 9. The van der Waals surface area contributed by atoms with Crippen LogP contribution in [0.25, 0.3) is 0 Å². The quantitative estimate of drug-likeness (QED) is 0.572. The summed E-state index contributed by atoms with van der Waals surface area (Å²) < 4.78 is 26.1. The van der Waals surface area contributed by atoms with Crippen LogP contribution in [-0.2, 0) is 16.5 Å². The number of hydrogen-bond donors (Lipinski definition) is 0. The fraction of sp³-hybridized carbons (Fsp3) is 1.00. The SMILES string of the molecule is CN(C)[SiH](C)O[SiH](C)O[SiH](C)O[SiH](C)O[Si](C)(C)C. The van der Waals surface area contributed by atoms with Gasteiger partial charge < -0.3 is 21.0 Å². The Labute approximate surface area is 126 Å². The van der Waals surface area contributed by atoms with Gasteiger partial charge in [0.2, 0.25) is 9.20 Å². The highest BCUT2D eigenvalue weighted by molar-refractivity contribution is 6.77. The second-order valence-electron chi connectivity index (χ2n) is 5.90. The van der Waals surface area contributed by atoms with Crippen molar-refractivity contribution in [2.45, 2.75) is 45.8 Å². The fourth-order valence-electron chi connectivity index (χ4n) is 1.53. The Balaban J connectivity index is 3.99. The molecule has 0 rings (SSSR count). The van der Waals surface area contributed by atoms with Crippen LogP contribution in [0.2, 0.25) is 45.8 Å². The van der Waals surface area contributed by atoms with Crippen LogP contribution in [0.1, 0.15) is 0 Å². The summed E-state index contributed by atoms with van der Waals surface area (Å²) >= 11 is 0. The van der Waals surface area contributed by atoms with Gasteiger partial charge >= 0.3 is 0 Å². The van der Waals surface area contributed by atoms with E-state index < -0.39 is 45.4 Å². The lowest BCUT2D eigenvalue weighted by Crippen LogP contribution is -2.43. The lowest BCUT2D eigenvalue weighted by molar-refractivity contribution is 0.342. The standard InChI is InChI=1S/C9H31NO4Si5/c1-10(2)15(3)11-16(4)12-17(5)13-18(6)14-19(7,8)9/h15-18H,1-9H3. The maximum atomic E-state index is 5.99. The molecule has 4 atom stereocenters. The maximum absolute atomic E-state index is 5.99. The van der Waals surface area contributed by atoms with Crippen molar-refractivity contribution < 1.29 is 16.5 Å². The highest BCUT2D eigenvalue weighted by atomic mass is 28.5. The highest BCUT2D eigenvalue weighted by Crippen LogP contribution is 2.07. The van der Waals surface area contributed by atoms with Crippen LogP contribution in [0, 0.1) is 0 Å². The fourth-order valence-corrected chi connectivity index (χ4v) is 15.4. The van der Waals surface area contributed by atoms with E-state index in [0.29, 0.717) is 0 Å². The molecule has 5 nitrogen and oxygen atoms in total. The van der Waals surface area contributed by atoms with Crippen LogP contribution in [0.5, 0.6) is 0 Å². The van der Waals surface area contributed by atoms with E-state index in [1.54, 1.807) is 0 Å². The van der Waals surface area contributed by atoms with E-state index in [0.717, 1.165) is 0 Å². The van der Waals surface area contributed by atoms with Gasteiger partial charge in [-0.05, 0) is 59.9 Å². The van der Waals surface area contributed by atoms with Gasteiger partial charge in [-0.2, -0.15) is 0 Å². The molecule has 0 saturated carbocycles. The molecule has 4 unspecified atom stereocenters. The van der Waals surface area contributed by atoms with E-state index in [-0.39, 0.29) is 0 Å². The Morgan fingerprint density at radius 2 is 1.16 bits per heavy atom. The highest BCUT2D eigenvalue weighted by Gasteiger charge is 2.24. The van der Waals surface area contributed by atoms with Crippen molar-refractivity contribution in [3.8, 4) is 0 Å². The first kappa shape index (κ1) is 19.9. The Kier molecular flexibility index (Phi) is 9.43. The zero-order valence-corrected chi connectivity index (χ0v) is 19.5. The minimum Gasteiger partial charge on any atom is -0.439 e. The molecule has 19 heavy (non-hydrogen) atoms. The smallest absolute Gasteiger partial charge is 0.300 e. The molecule has 0 bridgehead atoms. The molecule has 0 aromatic rings. The number of nitrogens with zero attached hydrogens (tertiary/aromatic N) is 1. The second kappa shape index (κ2) is 9.02. The molecule has 0 aliphatic rings. The van der Waals surface area contributed by atoms with Gasteiger partial charge in [-0.15, -0.1) is 0 Å². The summed E-state index contributed by atoms with van der Waals surface area (Å²) in [5, 5.41) is 0. The summed E-state index contributed by atoms with van der Waals surface area (Å²) in [4.78, 5) is 0. The summed E-state index contributed by atoms with van der Waals surface area (Å²) in [5.41, 5.74) is 0. The molecule has 10 heteroatoms. The third-order valence-corrected chi connectivity index (χ3v) is 17.3. The van der Waals surface area contributed by atoms with Gasteiger partial charge in [0.15, 0.2) is 8.32 Å². The van der Waals surface area contributed by atoms with Gasteiger partial charge in [0.05, 0.1) is 0 Å². The predicted molar refractivity (Wildman–Crippen MR) is 93.4 cm³/mol. The molecule has 0 aromatic heterocycles. The minimum atomic E-state index is -1.60. The van der Waals surface area contributed by atoms with Crippen molar-refractivity contribution in [3.05, 3.63) is 0 Å². The van der Waals surface area contributed by atoms with Gasteiger partial charge in [-0.1, -0.05) is 0 Å². The second-order valence-corrected chi connectivity index (χ2v) is 20.0. The molecule has 0 saturated heterocycles. The molecule has 0 amide bonds. The summed E-state index contributed by atoms with van der Waals surface area (Å²) in [6, 6.07) is 0. The summed E-state index contributed by atoms with van der Waals surface area (Å²) in [5.74, 6) is 0. The average Bonchev–Trinajstić information content (AvgIpc) is 2.12. The molecule has 0 spiro atoms. The van der Waals surface area contributed by atoms with Crippen LogP contribution < -0.4 is 0 Å². The first-order chi connectivity index (χ1) is 8.51. The predicted octanol–water partition coefficient (Wildman–Crippen LogP) is 0.850. The van der Waals surface area contributed by atoms with Crippen molar-refractivity contribution in [2.24, 2.45) is 0 Å². The summed E-state index contributed by atoms with van der Waals surface area (Å²) in [7, 11) is -3.28. The van der Waals surface area contributed by atoms with Crippen molar-refractivity contribution in [1.29, 1.82) is 0 Å². The molecule has 0 fully saturated rings. The Morgan fingerprint density at radius 1 is 0.737 bits per heavy atom. The maximum Gasteiger partial charge on any atom is 0.300 e. The first-order valence-corrected chi connectivity index (χ1v) is 18.7. The monoisotopic (exact) mass is 357 g/mol. The topological polar surface area (TPSA) is 40.2 Å². The molecule has 0 N–H and O–H groups in total.